The molecule has 0 heterocycles. The second-order valence-electron chi connectivity index (χ2n) is 7.14. The third-order valence-electron chi connectivity index (χ3n) is 5.24. The standard InChI is InChI=1S/C24H27F3O2/c1-6-16(2)17(3)12-13-19-15-22(29-5)21(14-18(19)4)23(28,24(25,26)27)20-10-8-7-9-11-20/h7-15,17,28H,2,6H2,1,3-5H3/b13-12+. The summed E-state index contributed by atoms with van der Waals surface area (Å²) in [5, 5.41) is 10.9. The minimum absolute atomic E-state index is 0.0269. The molecule has 0 aromatic heterocycles. The molecule has 2 rings (SSSR count). The fraction of sp³-hybridized carbons (Fsp3) is 0.333. The Morgan fingerprint density at radius 1 is 1.21 bits per heavy atom. The summed E-state index contributed by atoms with van der Waals surface area (Å²) in [6.07, 6.45) is -0.274. The molecule has 0 radical (unpaired) electrons. The van der Waals surface area contributed by atoms with Crippen LogP contribution in [0.3, 0.4) is 0 Å². The van der Waals surface area contributed by atoms with Gasteiger partial charge in [0, 0.05) is 5.56 Å². The van der Waals surface area contributed by atoms with Crippen LogP contribution < -0.4 is 4.74 Å². The molecule has 0 aliphatic carbocycles. The van der Waals surface area contributed by atoms with E-state index in [9.17, 15) is 18.3 Å². The summed E-state index contributed by atoms with van der Waals surface area (Å²) in [7, 11) is 1.30. The van der Waals surface area contributed by atoms with Gasteiger partial charge in [0.2, 0.25) is 5.60 Å². The molecule has 0 aliphatic heterocycles. The number of alkyl halides is 3. The molecule has 156 valence electrons. The maximum absolute atomic E-state index is 14.1. The van der Waals surface area contributed by atoms with Crippen LogP contribution in [0.1, 0.15) is 42.5 Å². The first kappa shape index (κ1) is 22.8. The molecule has 0 spiro atoms. The van der Waals surface area contributed by atoms with Crippen LogP contribution in [0.4, 0.5) is 13.2 Å². The van der Waals surface area contributed by atoms with Gasteiger partial charge in [-0.2, -0.15) is 13.2 Å². The van der Waals surface area contributed by atoms with Gasteiger partial charge in [0.1, 0.15) is 5.75 Å². The van der Waals surface area contributed by atoms with Crippen molar-refractivity contribution in [1.82, 2.24) is 0 Å². The first-order valence-corrected chi connectivity index (χ1v) is 9.45. The summed E-state index contributed by atoms with van der Waals surface area (Å²) in [5.74, 6) is 0.113. The smallest absolute Gasteiger partial charge is 0.425 e. The number of hydrogen-bond acceptors (Lipinski definition) is 2. The third-order valence-corrected chi connectivity index (χ3v) is 5.24. The largest absolute Gasteiger partial charge is 0.496 e. The number of rotatable bonds is 7. The molecule has 0 saturated heterocycles. The highest BCUT2D eigenvalue weighted by atomic mass is 19.4. The van der Waals surface area contributed by atoms with Crippen LogP contribution in [-0.2, 0) is 5.60 Å². The molecule has 0 aliphatic rings. The van der Waals surface area contributed by atoms with Gasteiger partial charge in [-0.1, -0.05) is 68.5 Å². The molecule has 5 heteroatoms. The Morgan fingerprint density at radius 2 is 1.83 bits per heavy atom. The molecule has 0 saturated carbocycles. The summed E-state index contributed by atoms with van der Waals surface area (Å²) >= 11 is 0. The zero-order chi connectivity index (χ0) is 21.8. The van der Waals surface area contributed by atoms with Crippen LogP contribution in [0, 0.1) is 12.8 Å². The number of aliphatic hydroxyl groups is 1. The Labute approximate surface area is 170 Å². The molecule has 0 amide bonds. The SMILES string of the molecule is C=C(CC)C(C)/C=C/c1cc(OC)c(C(O)(c2ccccc2)C(F)(F)F)cc1C. The lowest BCUT2D eigenvalue weighted by atomic mass is 9.83. The highest BCUT2D eigenvalue weighted by Crippen LogP contribution is 2.48. The van der Waals surface area contributed by atoms with E-state index in [1.54, 1.807) is 13.0 Å². The van der Waals surface area contributed by atoms with E-state index >= 15 is 0 Å². The number of aryl methyl sites for hydroxylation is 1. The predicted octanol–water partition coefficient (Wildman–Crippen LogP) is 6.42. The molecule has 0 bridgehead atoms. The van der Waals surface area contributed by atoms with E-state index in [-0.39, 0.29) is 22.8 Å². The van der Waals surface area contributed by atoms with E-state index in [0.717, 1.165) is 17.6 Å². The average molecular weight is 404 g/mol. The summed E-state index contributed by atoms with van der Waals surface area (Å²) in [5.41, 5.74) is -1.39. The van der Waals surface area contributed by atoms with Crippen LogP contribution in [0.2, 0.25) is 0 Å². The van der Waals surface area contributed by atoms with Gasteiger partial charge in [0.05, 0.1) is 7.11 Å². The van der Waals surface area contributed by atoms with Crippen molar-refractivity contribution in [2.75, 3.05) is 7.11 Å². The van der Waals surface area contributed by atoms with Crippen molar-refractivity contribution in [2.24, 2.45) is 5.92 Å². The summed E-state index contributed by atoms with van der Waals surface area (Å²) < 4.78 is 47.5. The zero-order valence-electron chi connectivity index (χ0n) is 17.2. The highest BCUT2D eigenvalue weighted by molar-refractivity contribution is 5.61. The van der Waals surface area contributed by atoms with Gasteiger partial charge in [-0.3, -0.25) is 0 Å². The quantitative estimate of drug-likeness (QED) is 0.540. The Hall–Kier alpha value is -2.53. The van der Waals surface area contributed by atoms with E-state index in [1.165, 1.54) is 43.5 Å². The van der Waals surface area contributed by atoms with Crippen molar-refractivity contribution in [3.8, 4) is 5.75 Å². The average Bonchev–Trinajstić information content (AvgIpc) is 2.70. The lowest BCUT2D eigenvalue weighted by Gasteiger charge is -2.33. The van der Waals surface area contributed by atoms with E-state index in [0.29, 0.717) is 5.56 Å². The molecular weight excluding hydrogens is 377 g/mol. The maximum Gasteiger partial charge on any atom is 0.425 e. The Bertz CT molecular complexity index is 885. The van der Waals surface area contributed by atoms with Crippen molar-refractivity contribution in [1.29, 1.82) is 0 Å². The zero-order valence-corrected chi connectivity index (χ0v) is 17.2. The fourth-order valence-electron chi connectivity index (χ4n) is 3.19. The van der Waals surface area contributed by atoms with Gasteiger partial charge in [-0.05, 0) is 48.1 Å². The minimum Gasteiger partial charge on any atom is -0.496 e. The molecule has 2 aromatic rings. The van der Waals surface area contributed by atoms with Crippen LogP contribution >= 0.6 is 0 Å². The third kappa shape index (κ3) is 4.56. The number of ether oxygens (including phenoxy) is 1. The van der Waals surface area contributed by atoms with Crippen molar-refractivity contribution in [2.45, 2.75) is 39.0 Å². The molecule has 2 atom stereocenters. The Morgan fingerprint density at radius 3 is 2.34 bits per heavy atom. The van der Waals surface area contributed by atoms with Crippen molar-refractivity contribution in [3.05, 3.63) is 82.9 Å². The normalized spacial score (nSPS) is 15.2. The Kier molecular flexibility index (Phi) is 6.96. The predicted molar refractivity (Wildman–Crippen MR) is 111 cm³/mol. The van der Waals surface area contributed by atoms with E-state index in [2.05, 4.69) is 6.58 Å². The first-order valence-electron chi connectivity index (χ1n) is 9.45. The van der Waals surface area contributed by atoms with E-state index in [1.807, 2.05) is 26.0 Å². The molecule has 2 aromatic carbocycles. The molecular formula is C24H27F3O2. The van der Waals surface area contributed by atoms with Crippen molar-refractivity contribution in [3.63, 3.8) is 0 Å². The van der Waals surface area contributed by atoms with Crippen molar-refractivity contribution >= 4 is 6.08 Å². The lowest BCUT2D eigenvalue weighted by molar-refractivity contribution is -0.248. The number of hydrogen-bond donors (Lipinski definition) is 1. The maximum atomic E-state index is 14.1. The van der Waals surface area contributed by atoms with Gasteiger partial charge in [-0.25, -0.2) is 0 Å². The van der Waals surface area contributed by atoms with Gasteiger partial charge >= 0.3 is 6.18 Å². The van der Waals surface area contributed by atoms with Crippen LogP contribution in [0.15, 0.2) is 60.7 Å². The number of benzene rings is 2. The summed E-state index contributed by atoms with van der Waals surface area (Å²) in [4.78, 5) is 0. The lowest BCUT2D eigenvalue weighted by Crippen LogP contribution is -2.43. The van der Waals surface area contributed by atoms with E-state index < -0.39 is 11.8 Å². The van der Waals surface area contributed by atoms with Gasteiger partial charge in [0.15, 0.2) is 0 Å². The van der Waals surface area contributed by atoms with Gasteiger partial charge in [-0.15, -0.1) is 0 Å². The molecule has 0 fully saturated rings. The molecule has 2 nitrogen and oxygen atoms in total. The van der Waals surface area contributed by atoms with Crippen molar-refractivity contribution < 1.29 is 23.0 Å². The highest BCUT2D eigenvalue weighted by Gasteiger charge is 2.57. The Balaban J connectivity index is 2.62. The molecule has 2 unspecified atom stereocenters. The number of methoxy groups -OCH3 is 1. The molecule has 1 N–H and O–H groups in total. The van der Waals surface area contributed by atoms with Gasteiger partial charge < -0.3 is 9.84 Å². The monoisotopic (exact) mass is 404 g/mol. The fourth-order valence-corrected chi connectivity index (χ4v) is 3.19. The second kappa shape index (κ2) is 8.87. The first-order chi connectivity index (χ1) is 13.6. The number of halogens is 3. The summed E-state index contributed by atoms with van der Waals surface area (Å²) in [6.45, 7) is 9.77. The van der Waals surface area contributed by atoms with Crippen LogP contribution in [0.5, 0.6) is 5.75 Å². The topological polar surface area (TPSA) is 29.5 Å². The minimum atomic E-state index is -4.93. The van der Waals surface area contributed by atoms with Crippen LogP contribution in [0.25, 0.3) is 6.08 Å². The molecule has 29 heavy (non-hydrogen) atoms. The van der Waals surface area contributed by atoms with Crippen LogP contribution in [-0.4, -0.2) is 18.4 Å². The van der Waals surface area contributed by atoms with Gasteiger partial charge in [0.25, 0.3) is 0 Å². The second-order valence-corrected chi connectivity index (χ2v) is 7.14. The summed E-state index contributed by atoms with van der Waals surface area (Å²) in [6, 6.07) is 9.92. The number of allylic oxidation sites excluding steroid dienone is 2. The van der Waals surface area contributed by atoms with E-state index in [4.69, 9.17) is 4.74 Å².